The maximum Gasteiger partial charge on any atom is 0.243 e. The molecule has 0 spiro atoms. The molecule has 0 unspecified atom stereocenters. The van der Waals surface area contributed by atoms with Crippen LogP contribution in [0.1, 0.15) is 41.3 Å². The van der Waals surface area contributed by atoms with Gasteiger partial charge in [0.25, 0.3) is 0 Å². The van der Waals surface area contributed by atoms with Gasteiger partial charge in [-0.3, -0.25) is 9.59 Å². The van der Waals surface area contributed by atoms with Crippen molar-refractivity contribution in [2.45, 2.75) is 38.5 Å². The number of Topliss-reactive ketones (excluding diaryl/α,β-unsaturated/α-hetero) is 1. The Morgan fingerprint density at radius 1 is 1.03 bits per heavy atom. The molecule has 3 rings (SSSR count). The Morgan fingerprint density at radius 3 is 2.38 bits per heavy atom. The number of sulfonamides is 1. The van der Waals surface area contributed by atoms with Crippen LogP contribution in [0, 0.1) is 19.8 Å². The van der Waals surface area contributed by atoms with E-state index in [2.05, 4.69) is 5.32 Å². The normalized spacial score (nSPS) is 15.8. The number of amides is 1. The second-order valence-corrected chi connectivity index (χ2v) is 9.48. The van der Waals surface area contributed by atoms with E-state index in [9.17, 15) is 18.0 Å². The van der Waals surface area contributed by atoms with Gasteiger partial charge in [-0.05, 0) is 62.9 Å². The Balaban J connectivity index is 1.65. The quantitative estimate of drug-likeness (QED) is 0.759. The summed E-state index contributed by atoms with van der Waals surface area (Å²) in [4.78, 5) is 24.4. The molecular formula is C22H26N2O4S. The molecule has 29 heavy (non-hydrogen) atoms. The predicted molar refractivity (Wildman–Crippen MR) is 112 cm³/mol. The van der Waals surface area contributed by atoms with Gasteiger partial charge in [0.1, 0.15) is 0 Å². The molecule has 0 bridgehead atoms. The first-order valence-electron chi connectivity index (χ1n) is 9.68. The van der Waals surface area contributed by atoms with Gasteiger partial charge < -0.3 is 5.32 Å². The lowest BCUT2D eigenvalue weighted by atomic mass is 9.97. The van der Waals surface area contributed by atoms with Crippen LogP contribution in [0.4, 0.5) is 5.69 Å². The van der Waals surface area contributed by atoms with Crippen molar-refractivity contribution < 1.29 is 18.0 Å². The minimum Gasteiger partial charge on any atom is -0.326 e. The SMILES string of the molecule is CC(=O)c1cccc(NC(=O)C2CCN(S(=O)(=O)c3cc(C)ccc3C)CC2)c1. The summed E-state index contributed by atoms with van der Waals surface area (Å²) in [6, 6.07) is 12.2. The number of nitrogens with zero attached hydrogens (tertiary/aromatic N) is 1. The molecule has 6 nitrogen and oxygen atoms in total. The maximum atomic E-state index is 13.0. The van der Waals surface area contributed by atoms with Gasteiger partial charge in [-0.2, -0.15) is 4.31 Å². The molecule has 1 aliphatic rings. The van der Waals surface area contributed by atoms with E-state index < -0.39 is 10.0 Å². The number of anilines is 1. The molecule has 0 radical (unpaired) electrons. The van der Waals surface area contributed by atoms with E-state index in [1.54, 1.807) is 37.3 Å². The Kier molecular flexibility index (Phi) is 6.19. The van der Waals surface area contributed by atoms with Crippen LogP contribution in [0.2, 0.25) is 0 Å². The van der Waals surface area contributed by atoms with Crippen molar-refractivity contribution in [3.05, 3.63) is 59.2 Å². The third-order valence-corrected chi connectivity index (χ3v) is 7.36. The fraction of sp³-hybridized carbons (Fsp3) is 0.364. The number of benzene rings is 2. The lowest BCUT2D eigenvalue weighted by Crippen LogP contribution is -2.41. The zero-order valence-electron chi connectivity index (χ0n) is 16.9. The van der Waals surface area contributed by atoms with Crippen LogP contribution in [0.5, 0.6) is 0 Å². The van der Waals surface area contributed by atoms with Crippen LogP contribution >= 0.6 is 0 Å². The predicted octanol–water partition coefficient (Wildman–Crippen LogP) is 3.55. The van der Waals surface area contributed by atoms with Gasteiger partial charge in [-0.1, -0.05) is 24.3 Å². The summed E-state index contributed by atoms with van der Waals surface area (Å²) in [6.07, 6.45) is 0.921. The topological polar surface area (TPSA) is 83.6 Å². The van der Waals surface area contributed by atoms with Crippen LogP contribution in [0.15, 0.2) is 47.4 Å². The third kappa shape index (κ3) is 4.74. The number of carbonyl (C=O) groups excluding carboxylic acids is 2. The fourth-order valence-electron chi connectivity index (χ4n) is 3.54. The van der Waals surface area contributed by atoms with Crippen molar-refractivity contribution in [3.63, 3.8) is 0 Å². The number of hydrogen-bond donors (Lipinski definition) is 1. The van der Waals surface area contributed by atoms with Crippen LogP contribution in [0.3, 0.4) is 0 Å². The van der Waals surface area contributed by atoms with Crippen LogP contribution in [-0.2, 0) is 14.8 Å². The molecule has 1 fully saturated rings. The summed E-state index contributed by atoms with van der Waals surface area (Å²) in [5, 5.41) is 2.85. The van der Waals surface area contributed by atoms with Gasteiger partial charge in [0.15, 0.2) is 5.78 Å². The molecule has 1 aliphatic heterocycles. The highest BCUT2D eigenvalue weighted by molar-refractivity contribution is 7.89. The molecule has 154 valence electrons. The number of carbonyl (C=O) groups is 2. The van der Waals surface area contributed by atoms with Gasteiger partial charge in [-0.25, -0.2) is 8.42 Å². The summed E-state index contributed by atoms with van der Waals surface area (Å²) >= 11 is 0. The van der Waals surface area contributed by atoms with Gasteiger partial charge in [0, 0.05) is 30.3 Å². The highest BCUT2D eigenvalue weighted by Gasteiger charge is 2.32. The third-order valence-electron chi connectivity index (χ3n) is 5.32. The smallest absolute Gasteiger partial charge is 0.243 e. The van der Waals surface area contributed by atoms with E-state index in [0.29, 0.717) is 42.1 Å². The number of piperidine rings is 1. The molecular weight excluding hydrogens is 388 g/mol. The van der Waals surface area contributed by atoms with Crippen molar-refractivity contribution in [1.82, 2.24) is 4.31 Å². The molecule has 1 heterocycles. The van der Waals surface area contributed by atoms with E-state index in [4.69, 9.17) is 0 Å². The van der Waals surface area contributed by atoms with Crippen molar-refractivity contribution in [2.24, 2.45) is 5.92 Å². The average Bonchev–Trinajstić information content (AvgIpc) is 2.70. The molecule has 0 saturated carbocycles. The maximum absolute atomic E-state index is 13.0. The number of rotatable bonds is 5. The Hall–Kier alpha value is -2.51. The van der Waals surface area contributed by atoms with Gasteiger partial charge >= 0.3 is 0 Å². The Morgan fingerprint density at radius 2 is 1.72 bits per heavy atom. The number of hydrogen-bond acceptors (Lipinski definition) is 4. The van der Waals surface area contributed by atoms with E-state index in [0.717, 1.165) is 11.1 Å². The molecule has 0 aromatic heterocycles. The summed E-state index contributed by atoms with van der Waals surface area (Å²) < 4.78 is 27.5. The minimum atomic E-state index is -3.57. The minimum absolute atomic E-state index is 0.0638. The van der Waals surface area contributed by atoms with Gasteiger partial charge in [-0.15, -0.1) is 0 Å². The average molecular weight is 415 g/mol. The molecule has 1 amide bonds. The standard InChI is InChI=1S/C22H26N2O4S/c1-15-7-8-16(2)21(13-15)29(27,28)24-11-9-18(10-12-24)22(26)23-20-6-4-5-19(14-20)17(3)25/h4-8,13-14,18H,9-12H2,1-3H3,(H,23,26). The fourth-order valence-corrected chi connectivity index (χ4v) is 5.32. The van der Waals surface area contributed by atoms with E-state index in [-0.39, 0.29) is 17.6 Å². The highest BCUT2D eigenvalue weighted by atomic mass is 32.2. The lowest BCUT2D eigenvalue weighted by Gasteiger charge is -2.31. The zero-order chi connectivity index (χ0) is 21.2. The van der Waals surface area contributed by atoms with Crippen LogP contribution in [0.25, 0.3) is 0 Å². The second kappa shape index (κ2) is 8.47. The summed E-state index contributed by atoms with van der Waals surface area (Å²) in [5.41, 5.74) is 2.74. The molecule has 7 heteroatoms. The number of ketones is 1. The molecule has 1 N–H and O–H groups in total. The first-order valence-corrected chi connectivity index (χ1v) is 11.1. The van der Waals surface area contributed by atoms with Crippen molar-refractivity contribution in [1.29, 1.82) is 0 Å². The second-order valence-electron chi connectivity index (χ2n) is 7.57. The van der Waals surface area contributed by atoms with E-state index in [1.165, 1.54) is 11.2 Å². The molecule has 1 saturated heterocycles. The Bertz CT molecular complexity index is 1040. The van der Waals surface area contributed by atoms with Crippen molar-refractivity contribution >= 4 is 27.4 Å². The summed E-state index contributed by atoms with van der Waals surface area (Å²) in [7, 11) is -3.57. The summed E-state index contributed by atoms with van der Waals surface area (Å²) in [6.45, 7) is 5.76. The molecule has 0 atom stereocenters. The summed E-state index contributed by atoms with van der Waals surface area (Å²) in [5.74, 6) is -0.471. The van der Waals surface area contributed by atoms with Crippen LogP contribution < -0.4 is 5.32 Å². The monoisotopic (exact) mass is 414 g/mol. The molecule has 2 aromatic rings. The zero-order valence-corrected chi connectivity index (χ0v) is 17.8. The number of nitrogens with one attached hydrogen (secondary N) is 1. The first kappa shape index (κ1) is 21.2. The number of aryl methyl sites for hydroxylation is 2. The van der Waals surface area contributed by atoms with Gasteiger partial charge in [0.2, 0.25) is 15.9 Å². The van der Waals surface area contributed by atoms with Gasteiger partial charge in [0.05, 0.1) is 4.90 Å². The highest BCUT2D eigenvalue weighted by Crippen LogP contribution is 2.27. The lowest BCUT2D eigenvalue weighted by molar-refractivity contribution is -0.120. The van der Waals surface area contributed by atoms with E-state index in [1.807, 2.05) is 19.1 Å². The van der Waals surface area contributed by atoms with E-state index >= 15 is 0 Å². The molecule has 0 aliphatic carbocycles. The first-order chi connectivity index (χ1) is 13.7. The molecule has 2 aromatic carbocycles. The van der Waals surface area contributed by atoms with Crippen molar-refractivity contribution in [3.8, 4) is 0 Å². The van der Waals surface area contributed by atoms with Crippen LogP contribution in [-0.4, -0.2) is 37.5 Å². The van der Waals surface area contributed by atoms with Crippen molar-refractivity contribution in [2.75, 3.05) is 18.4 Å². The largest absolute Gasteiger partial charge is 0.326 e. The Labute approximate surface area is 172 Å².